The first-order valence-corrected chi connectivity index (χ1v) is 7.11. The molecule has 0 amide bonds. The standard InChI is InChI=1S/C17H14F3N3O/c18-17(19,20)24-15-7-2-1-4-10(15)8-11-9-12-13(21)5-3-6-14(12)23-16(11)22/h1-7,9H,8,21H2,(H2,22,23). The number of para-hydroxylation sites is 1. The highest BCUT2D eigenvalue weighted by Crippen LogP contribution is 2.30. The summed E-state index contributed by atoms with van der Waals surface area (Å²) in [6.07, 6.45) is -4.61. The van der Waals surface area contributed by atoms with Crippen LogP contribution in [0.2, 0.25) is 0 Å². The summed E-state index contributed by atoms with van der Waals surface area (Å²) in [5, 5.41) is 0.705. The van der Waals surface area contributed by atoms with E-state index < -0.39 is 6.36 Å². The first kappa shape index (κ1) is 15.9. The van der Waals surface area contributed by atoms with Crippen LogP contribution in [0, 0.1) is 0 Å². The molecule has 0 aliphatic rings. The van der Waals surface area contributed by atoms with E-state index in [1.165, 1.54) is 12.1 Å². The fraction of sp³-hybridized carbons (Fsp3) is 0.118. The number of hydrogen-bond acceptors (Lipinski definition) is 4. The number of hydrogen-bond donors (Lipinski definition) is 2. The smallest absolute Gasteiger partial charge is 0.405 e. The third-order valence-corrected chi connectivity index (χ3v) is 3.58. The SMILES string of the molecule is Nc1nc2cccc(N)c2cc1Cc1ccccc1OC(F)(F)F. The lowest BCUT2D eigenvalue weighted by Crippen LogP contribution is -2.18. The highest BCUT2D eigenvalue weighted by atomic mass is 19.4. The van der Waals surface area contributed by atoms with Crippen LogP contribution < -0.4 is 16.2 Å². The van der Waals surface area contributed by atoms with E-state index in [4.69, 9.17) is 11.5 Å². The molecule has 24 heavy (non-hydrogen) atoms. The second-order valence-electron chi connectivity index (χ2n) is 5.28. The van der Waals surface area contributed by atoms with Crippen molar-refractivity contribution >= 4 is 22.4 Å². The maximum Gasteiger partial charge on any atom is 0.573 e. The van der Waals surface area contributed by atoms with E-state index in [2.05, 4.69) is 9.72 Å². The Morgan fingerprint density at radius 3 is 2.46 bits per heavy atom. The quantitative estimate of drug-likeness (QED) is 0.713. The maximum atomic E-state index is 12.5. The Labute approximate surface area is 135 Å². The molecule has 0 fully saturated rings. The average Bonchev–Trinajstić information content (AvgIpc) is 2.49. The lowest BCUT2D eigenvalue weighted by atomic mass is 10.0. The number of benzene rings is 2. The van der Waals surface area contributed by atoms with Gasteiger partial charge in [-0.15, -0.1) is 13.2 Å². The Bertz CT molecular complexity index is 894. The van der Waals surface area contributed by atoms with Crippen molar-refractivity contribution in [1.29, 1.82) is 0 Å². The maximum absolute atomic E-state index is 12.5. The van der Waals surface area contributed by atoms with Gasteiger partial charge in [0.05, 0.1) is 5.52 Å². The number of rotatable bonds is 3. The van der Waals surface area contributed by atoms with Gasteiger partial charge in [0.2, 0.25) is 0 Å². The molecule has 3 aromatic rings. The summed E-state index contributed by atoms with van der Waals surface area (Å²) in [7, 11) is 0. The molecular weight excluding hydrogens is 319 g/mol. The van der Waals surface area contributed by atoms with Gasteiger partial charge in [-0.2, -0.15) is 0 Å². The van der Waals surface area contributed by atoms with Gasteiger partial charge in [-0.1, -0.05) is 24.3 Å². The highest BCUT2D eigenvalue weighted by Gasteiger charge is 2.32. The fourth-order valence-corrected chi connectivity index (χ4v) is 2.50. The normalized spacial score (nSPS) is 11.6. The minimum absolute atomic E-state index is 0.148. The molecule has 3 rings (SSSR count). The van der Waals surface area contributed by atoms with E-state index in [-0.39, 0.29) is 18.0 Å². The van der Waals surface area contributed by atoms with Gasteiger partial charge in [-0.05, 0) is 35.4 Å². The Hall–Kier alpha value is -2.96. The van der Waals surface area contributed by atoms with Crippen LogP contribution in [-0.2, 0) is 6.42 Å². The molecule has 1 aromatic heterocycles. The number of ether oxygens (including phenoxy) is 1. The predicted molar refractivity (Wildman–Crippen MR) is 86.5 cm³/mol. The second-order valence-corrected chi connectivity index (χ2v) is 5.28. The van der Waals surface area contributed by atoms with Crippen molar-refractivity contribution in [2.24, 2.45) is 0 Å². The van der Waals surface area contributed by atoms with Gasteiger partial charge in [0.25, 0.3) is 0 Å². The van der Waals surface area contributed by atoms with Crippen molar-refractivity contribution in [3.63, 3.8) is 0 Å². The zero-order valence-electron chi connectivity index (χ0n) is 12.5. The van der Waals surface area contributed by atoms with Crippen molar-refractivity contribution in [2.75, 3.05) is 11.5 Å². The van der Waals surface area contributed by atoms with Crippen LogP contribution in [0.15, 0.2) is 48.5 Å². The Kier molecular flexibility index (Phi) is 3.92. The topological polar surface area (TPSA) is 74.2 Å². The molecule has 0 bridgehead atoms. The van der Waals surface area contributed by atoms with Gasteiger partial charge in [-0.25, -0.2) is 4.98 Å². The van der Waals surface area contributed by atoms with E-state index in [1.54, 1.807) is 36.4 Å². The third kappa shape index (κ3) is 3.34. The molecule has 0 atom stereocenters. The van der Waals surface area contributed by atoms with Crippen molar-refractivity contribution < 1.29 is 17.9 Å². The zero-order valence-corrected chi connectivity index (χ0v) is 12.5. The Morgan fingerprint density at radius 1 is 0.958 bits per heavy atom. The van der Waals surface area contributed by atoms with Crippen molar-refractivity contribution in [3.05, 3.63) is 59.7 Å². The second kappa shape index (κ2) is 5.92. The number of anilines is 2. The number of nitrogens with zero attached hydrogens (tertiary/aromatic N) is 1. The summed E-state index contributed by atoms with van der Waals surface area (Å²) >= 11 is 0. The number of pyridine rings is 1. The predicted octanol–water partition coefficient (Wildman–Crippen LogP) is 3.89. The van der Waals surface area contributed by atoms with Crippen LogP contribution in [0.5, 0.6) is 5.75 Å². The minimum Gasteiger partial charge on any atom is -0.405 e. The summed E-state index contributed by atoms with van der Waals surface area (Å²) in [5.41, 5.74) is 14.0. The molecule has 4 N–H and O–H groups in total. The molecule has 2 aromatic carbocycles. The summed E-state index contributed by atoms with van der Waals surface area (Å²) < 4.78 is 41.6. The van der Waals surface area contributed by atoms with Crippen LogP contribution in [0.3, 0.4) is 0 Å². The molecule has 0 unspecified atom stereocenters. The first-order chi connectivity index (χ1) is 11.3. The van der Waals surface area contributed by atoms with E-state index in [1.807, 2.05) is 0 Å². The van der Waals surface area contributed by atoms with Gasteiger partial charge in [0.1, 0.15) is 11.6 Å². The van der Waals surface area contributed by atoms with Crippen LogP contribution >= 0.6 is 0 Å². The van der Waals surface area contributed by atoms with E-state index >= 15 is 0 Å². The van der Waals surface area contributed by atoms with Gasteiger partial charge < -0.3 is 16.2 Å². The Balaban J connectivity index is 2.01. The molecule has 0 spiro atoms. The van der Waals surface area contributed by atoms with Crippen LogP contribution in [0.25, 0.3) is 10.9 Å². The van der Waals surface area contributed by atoms with Gasteiger partial charge in [0, 0.05) is 17.5 Å². The monoisotopic (exact) mass is 333 g/mol. The molecular formula is C17H14F3N3O. The van der Waals surface area contributed by atoms with E-state index in [0.29, 0.717) is 27.7 Å². The van der Waals surface area contributed by atoms with Gasteiger partial charge in [0.15, 0.2) is 0 Å². The molecule has 7 heteroatoms. The number of nitrogen functional groups attached to an aromatic ring is 2. The summed E-state index contributed by atoms with van der Waals surface area (Å²) in [4.78, 5) is 4.27. The molecule has 1 heterocycles. The van der Waals surface area contributed by atoms with Crippen LogP contribution in [0.1, 0.15) is 11.1 Å². The van der Waals surface area contributed by atoms with Crippen molar-refractivity contribution in [3.8, 4) is 5.75 Å². The van der Waals surface area contributed by atoms with Crippen LogP contribution in [-0.4, -0.2) is 11.3 Å². The summed E-state index contributed by atoms with van der Waals surface area (Å²) in [6, 6.07) is 12.9. The largest absolute Gasteiger partial charge is 0.573 e. The number of nitrogens with two attached hydrogens (primary N) is 2. The third-order valence-electron chi connectivity index (χ3n) is 3.58. The lowest BCUT2D eigenvalue weighted by Gasteiger charge is -2.14. The summed E-state index contributed by atoms with van der Waals surface area (Å²) in [5.74, 6) is -0.0135. The minimum atomic E-state index is -4.76. The number of fused-ring (bicyclic) bond motifs is 1. The molecule has 124 valence electrons. The fourth-order valence-electron chi connectivity index (χ4n) is 2.50. The molecule has 0 aliphatic carbocycles. The zero-order chi connectivity index (χ0) is 17.3. The molecule has 4 nitrogen and oxygen atoms in total. The number of alkyl halides is 3. The average molecular weight is 333 g/mol. The Morgan fingerprint density at radius 2 is 1.71 bits per heavy atom. The van der Waals surface area contributed by atoms with Gasteiger partial charge >= 0.3 is 6.36 Å². The first-order valence-electron chi connectivity index (χ1n) is 7.11. The summed E-state index contributed by atoms with van der Waals surface area (Å²) in [6.45, 7) is 0. The molecule has 0 radical (unpaired) electrons. The van der Waals surface area contributed by atoms with E-state index in [9.17, 15) is 13.2 Å². The number of halogens is 3. The van der Waals surface area contributed by atoms with Crippen molar-refractivity contribution in [2.45, 2.75) is 12.8 Å². The van der Waals surface area contributed by atoms with Gasteiger partial charge in [-0.3, -0.25) is 0 Å². The lowest BCUT2D eigenvalue weighted by molar-refractivity contribution is -0.274. The molecule has 0 saturated heterocycles. The highest BCUT2D eigenvalue weighted by molar-refractivity contribution is 5.91. The molecule has 0 saturated carbocycles. The van der Waals surface area contributed by atoms with Crippen LogP contribution in [0.4, 0.5) is 24.7 Å². The van der Waals surface area contributed by atoms with E-state index in [0.717, 1.165) is 0 Å². The molecule has 0 aliphatic heterocycles. The van der Waals surface area contributed by atoms with Crippen molar-refractivity contribution in [1.82, 2.24) is 4.98 Å². The number of aromatic nitrogens is 1.